The number of carbonyl (C=O) groups excluding carboxylic acids is 2. The van der Waals surface area contributed by atoms with Gasteiger partial charge in [-0.25, -0.2) is 0 Å². The van der Waals surface area contributed by atoms with Gasteiger partial charge in [0.25, 0.3) is 5.91 Å². The number of likely N-dealkylation sites (N-methyl/N-ethyl adjacent to an activating group) is 1. The van der Waals surface area contributed by atoms with Crippen molar-refractivity contribution in [1.29, 1.82) is 5.41 Å². The first kappa shape index (κ1) is 29.9. The number of benzene rings is 2. The number of aryl methyl sites for hydroxylation is 1. The SMILES string of the molecule is CCN(CC)C(=O)C1CCC(NC(=O)c2ccc(NC)c(C(=N)c3ccnc(C)c3)c2)CN1CCc1ccccc1. The van der Waals surface area contributed by atoms with Gasteiger partial charge in [-0.2, -0.15) is 0 Å². The molecule has 3 N–H and O–H groups in total. The summed E-state index contributed by atoms with van der Waals surface area (Å²) in [5.74, 6) is -0.000800. The van der Waals surface area contributed by atoms with Crippen LogP contribution in [0.4, 0.5) is 5.69 Å². The van der Waals surface area contributed by atoms with Crippen LogP contribution in [-0.4, -0.2) is 77.6 Å². The summed E-state index contributed by atoms with van der Waals surface area (Å²) >= 11 is 0. The fourth-order valence-corrected chi connectivity index (χ4v) is 5.59. The Morgan fingerprint density at radius 3 is 2.46 bits per heavy atom. The number of nitrogens with one attached hydrogen (secondary N) is 3. The molecular weight excluding hydrogens is 512 g/mol. The van der Waals surface area contributed by atoms with E-state index in [4.69, 9.17) is 5.41 Å². The minimum absolute atomic E-state index is 0.0752. The van der Waals surface area contributed by atoms with Crippen LogP contribution < -0.4 is 10.6 Å². The van der Waals surface area contributed by atoms with Crippen LogP contribution in [0.1, 0.15) is 59.4 Å². The van der Waals surface area contributed by atoms with E-state index in [0.29, 0.717) is 42.9 Å². The molecule has 0 bridgehead atoms. The molecule has 3 aromatic rings. The highest BCUT2D eigenvalue weighted by molar-refractivity contribution is 6.15. The van der Waals surface area contributed by atoms with Crippen molar-refractivity contribution in [3.63, 3.8) is 0 Å². The highest BCUT2D eigenvalue weighted by Gasteiger charge is 2.35. The van der Waals surface area contributed by atoms with Crippen molar-refractivity contribution in [2.24, 2.45) is 0 Å². The highest BCUT2D eigenvalue weighted by atomic mass is 16.2. The summed E-state index contributed by atoms with van der Waals surface area (Å²) in [6.07, 6.45) is 3.97. The number of carbonyl (C=O) groups is 2. The summed E-state index contributed by atoms with van der Waals surface area (Å²) in [6, 6.07) is 19.2. The van der Waals surface area contributed by atoms with Crippen molar-refractivity contribution in [2.45, 2.75) is 52.1 Å². The Balaban J connectivity index is 1.50. The Hall–Kier alpha value is -4.04. The fourth-order valence-electron chi connectivity index (χ4n) is 5.59. The lowest BCUT2D eigenvalue weighted by Gasteiger charge is -2.41. The van der Waals surface area contributed by atoms with Gasteiger partial charge in [0, 0.05) is 73.5 Å². The van der Waals surface area contributed by atoms with Crippen molar-refractivity contribution >= 4 is 23.2 Å². The third-order valence-electron chi connectivity index (χ3n) is 7.92. The predicted molar refractivity (Wildman–Crippen MR) is 165 cm³/mol. The molecule has 1 aromatic heterocycles. The number of piperidine rings is 1. The maximum Gasteiger partial charge on any atom is 0.251 e. The van der Waals surface area contributed by atoms with E-state index in [2.05, 4.69) is 32.7 Å². The van der Waals surface area contributed by atoms with Gasteiger partial charge in [0.1, 0.15) is 0 Å². The quantitative estimate of drug-likeness (QED) is 0.303. The molecular formula is C33H42N6O2. The van der Waals surface area contributed by atoms with E-state index in [0.717, 1.165) is 36.3 Å². The van der Waals surface area contributed by atoms with E-state index in [1.165, 1.54) is 5.56 Å². The molecule has 41 heavy (non-hydrogen) atoms. The van der Waals surface area contributed by atoms with Crippen LogP contribution in [0.3, 0.4) is 0 Å². The van der Waals surface area contributed by atoms with E-state index >= 15 is 0 Å². The van der Waals surface area contributed by atoms with Gasteiger partial charge in [0.05, 0.1) is 11.8 Å². The van der Waals surface area contributed by atoms with Crippen LogP contribution in [0, 0.1) is 12.3 Å². The zero-order chi connectivity index (χ0) is 29.4. The van der Waals surface area contributed by atoms with Gasteiger partial charge in [-0.1, -0.05) is 30.3 Å². The molecule has 8 nitrogen and oxygen atoms in total. The lowest BCUT2D eigenvalue weighted by atomic mass is 9.95. The van der Waals surface area contributed by atoms with Crippen molar-refractivity contribution < 1.29 is 9.59 Å². The number of pyridine rings is 1. The zero-order valence-corrected chi connectivity index (χ0v) is 24.6. The number of aromatic nitrogens is 1. The molecule has 0 saturated carbocycles. The van der Waals surface area contributed by atoms with E-state index in [9.17, 15) is 9.59 Å². The number of nitrogens with zero attached hydrogens (tertiary/aromatic N) is 3. The molecule has 216 valence electrons. The van der Waals surface area contributed by atoms with Gasteiger partial charge >= 0.3 is 0 Å². The van der Waals surface area contributed by atoms with Gasteiger partial charge in [-0.3, -0.25) is 24.9 Å². The second-order valence-electron chi connectivity index (χ2n) is 10.6. The molecule has 1 aliphatic rings. The summed E-state index contributed by atoms with van der Waals surface area (Å²) in [5.41, 5.74) is 5.09. The smallest absolute Gasteiger partial charge is 0.251 e. The number of likely N-dealkylation sites (tertiary alicyclic amines) is 1. The second kappa shape index (κ2) is 14.0. The van der Waals surface area contributed by atoms with Gasteiger partial charge < -0.3 is 15.5 Å². The Labute approximate surface area is 243 Å². The molecule has 0 spiro atoms. The molecule has 2 amide bonds. The van der Waals surface area contributed by atoms with Gasteiger partial charge in [-0.15, -0.1) is 0 Å². The topological polar surface area (TPSA) is 101 Å². The molecule has 0 aliphatic carbocycles. The molecule has 8 heteroatoms. The Morgan fingerprint density at radius 2 is 1.78 bits per heavy atom. The van der Waals surface area contributed by atoms with Crippen molar-refractivity contribution in [1.82, 2.24) is 20.1 Å². The third-order valence-corrected chi connectivity index (χ3v) is 7.92. The van der Waals surface area contributed by atoms with Crippen LogP contribution in [0.5, 0.6) is 0 Å². The zero-order valence-electron chi connectivity index (χ0n) is 24.6. The second-order valence-corrected chi connectivity index (χ2v) is 10.6. The molecule has 2 unspecified atom stereocenters. The van der Waals surface area contributed by atoms with Crippen molar-refractivity contribution in [3.8, 4) is 0 Å². The molecule has 2 aromatic carbocycles. The Bertz CT molecular complexity index is 1350. The minimum atomic E-state index is -0.183. The molecule has 0 radical (unpaired) electrons. The first-order chi connectivity index (χ1) is 19.8. The van der Waals surface area contributed by atoms with Gasteiger partial charge in [-0.05, 0) is 75.9 Å². The molecule has 1 saturated heterocycles. The summed E-state index contributed by atoms with van der Waals surface area (Å²) < 4.78 is 0. The van der Waals surface area contributed by atoms with E-state index in [1.807, 2.05) is 69.1 Å². The first-order valence-corrected chi connectivity index (χ1v) is 14.6. The number of anilines is 1. The standard InChI is InChI=1S/C33H42N6O2/c1-5-38(6-2)33(41)30-15-13-27(22-39(30)19-17-24-10-8-7-9-11-24)37-32(40)26-12-14-29(35-4)28(21-26)31(34)25-16-18-36-23(3)20-25/h7-12,14,16,18,20-21,27,30,34-35H,5-6,13,15,17,19,22H2,1-4H3,(H,37,40). The maximum absolute atomic E-state index is 13.5. The maximum atomic E-state index is 13.5. The highest BCUT2D eigenvalue weighted by Crippen LogP contribution is 2.23. The lowest BCUT2D eigenvalue weighted by Crippen LogP contribution is -2.57. The first-order valence-electron chi connectivity index (χ1n) is 14.6. The number of amides is 2. The van der Waals surface area contributed by atoms with Gasteiger partial charge in [0.15, 0.2) is 0 Å². The predicted octanol–water partition coefficient (Wildman–Crippen LogP) is 4.52. The van der Waals surface area contributed by atoms with E-state index in [1.54, 1.807) is 18.3 Å². The number of hydrogen-bond acceptors (Lipinski definition) is 6. The molecule has 2 atom stereocenters. The molecule has 1 aliphatic heterocycles. The number of rotatable bonds is 11. The van der Waals surface area contributed by atoms with Crippen molar-refractivity contribution in [3.05, 3.63) is 94.8 Å². The molecule has 2 heterocycles. The third kappa shape index (κ3) is 7.38. The number of hydrogen-bond donors (Lipinski definition) is 3. The summed E-state index contributed by atoms with van der Waals surface area (Å²) in [6.45, 7) is 8.68. The Kier molecular flexibility index (Phi) is 10.2. The minimum Gasteiger partial charge on any atom is -0.388 e. The summed E-state index contributed by atoms with van der Waals surface area (Å²) in [7, 11) is 1.81. The van der Waals surface area contributed by atoms with Crippen LogP contribution in [0.15, 0.2) is 66.9 Å². The Morgan fingerprint density at radius 1 is 1.02 bits per heavy atom. The normalized spacial score (nSPS) is 17.1. The van der Waals surface area contributed by atoms with Crippen LogP contribution >= 0.6 is 0 Å². The lowest BCUT2D eigenvalue weighted by molar-refractivity contribution is -0.138. The monoisotopic (exact) mass is 554 g/mol. The largest absolute Gasteiger partial charge is 0.388 e. The summed E-state index contributed by atoms with van der Waals surface area (Å²) in [4.78, 5) is 35.3. The fraction of sp³-hybridized carbons (Fsp3) is 0.394. The van der Waals surface area contributed by atoms with Crippen LogP contribution in [0.2, 0.25) is 0 Å². The van der Waals surface area contributed by atoms with E-state index in [-0.39, 0.29) is 23.9 Å². The van der Waals surface area contributed by atoms with Crippen molar-refractivity contribution in [2.75, 3.05) is 38.5 Å². The molecule has 4 rings (SSSR count). The molecule has 1 fully saturated rings. The van der Waals surface area contributed by atoms with E-state index < -0.39 is 0 Å². The van der Waals surface area contributed by atoms with Gasteiger partial charge in [0.2, 0.25) is 5.91 Å². The van der Waals surface area contributed by atoms with Crippen LogP contribution in [0.25, 0.3) is 0 Å². The van der Waals surface area contributed by atoms with Crippen LogP contribution in [-0.2, 0) is 11.2 Å². The average molecular weight is 555 g/mol. The summed E-state index contributed by atoms with van der Waals surface area (Å²) in [5, 5.41) is 15.2. The average Bonchev–Trinajstić information content (AvgIpc) is 3.00.